The Kier molecular flexibility index (Phi) is 5.44. The van der Waals surface area contributed by atoms with Crippen molar-refractivity contribution in [3.63, 3.8) is 0 Å². The molecular formula is C19H21ClF4N4O2. The second kappa shape index (κ2) is 7.65. The van der Waals surface area contributed by atoms with E-state index in [-0.39, 0.29) is 48.9 Å². The zero-order valence-electron chi connectivity index (χ0n) is 15.9. The number of anilines is 1. The fourth-order valence-corrected chi connectivity index (χ4v) is 4.45. The monoisotopic (exact) mass is 448 g/mol. The number of hydrogen-bond donors (Lipinski definition) is 2. The van der Waals surface area contributed by atoms with Crippen molar-refractivity contribution >= 4 is 29.1 Å². The largest absolute Gasteiger partial charge is 0.411 e. The Morgan fingerprint density at radius 2 is 1.70 bits per heavy atom. The number of carbonyl (C=O) groups excluding carboxylic acids is 2. The van der Waals surface area contributed by atoms with Crippen LogP contribution in [0.15, 0.2) is 18.2 Å². The normalized spacial score (nSPS) is 25.4. The minimum Gasteiger partial charge on any atom is -0.341 e. The Morgan fingerprint density at radius 1 is 1.10 bits per heavy atom. The number of hydrogen-bond acceptors (Lipinski definition) is 4. The van der Waals surface area contributed by atoms with Crippen LogP contribution in [0.4, 0.5) is 23.2 Å². The maximum atomic E-state index is 13.2. The maximum absolute atomic E-state index is 13.2. The van der Waals surface area contributed by atoms with E-state index in [4.69, 9.17) is 11.6 Å². The highest BCUT2D eigenvalue weighted by atomic mass is 35.5. The first-order chi connectivity index (χ1) is 14.1. The van der Waals surface area contributed by atoms with Gasteiger partial charge in [-0.05, 0) is 37.5 Å². The summed E-state index contributed by atoms with van der Waals surface area (Å²) in [6.07, 6.45) is -3.81. The average molecular weight is 449 g/mol. The van der Waals surface area contributed by atoms with Crippen LogP contribution >= 0.6 is 11.6 Å². The predicted octanol–water partition coefficient (Wildman–Crippen LogP) is 2.39. The van der Waals surface area contributed by atoms with E-state index in [2.05, 4.69) is 10.6 Å². The van der Waals surface area contributed by atoms with E-state index in [1.165, 1.54) is 18.2 Å². The zero-order chi connectivity index (χ0) is 21.7. The topological polar surface area (TPSA) is 64.7 Å². The molecule has 1 aromatic carbocycles. The van der Waals surface area contributed by atoms with Gasteiger partial charge in [-0.3, -0.25) is 19.4 Å². The molecule has 30 heavy (non-hydrogen) atoms. The molecule has 6 nitrogen and oxygen atoms in total. The molecule has 2 saturated heterocycles. The van der Waals surface area contributed by atoms with E-state index in [0.717, 1.165) is 6.42 Å². The lowest BCUT2D eigenvalue weighted by atomic mass is 10.2. The molecule has 2 bridgehead atoms. The summed E-state index contributed by atoms with van der Waals surface area (Å²) < 4.78 is 52.2. The van der Waals surface area contributed by atoms with Crippen LogP contribution in [0, 0.1) is 5.82 Å². The molecule has 2 atom stereocenters. The summed E-state index contributed by atoms with van der Waals surface area (Å²) in [6.45, 7) is 1.13. The number of amides is 2. The van der Waals surface area contributed by atoms with E-state index in [1.54, 1.807) is 0 Å². The minimum atomic E-state index is -4.43. The SMILES string of the molecule is O=C(CN1C[C@@H]2C[C@H]1CN2CC(=O)NC1(C(F)(F)F)CC1)Nc1ccc(F)c(Cl)c1. The first-order valence-corrected chi connectivity index (χ1v) is 10.0. The van der Waals surface area contributed by atoms with E-state index in [9.17, 15) is 27.2 Å². The predicted molar refractivity (Wildman–Crippen MR) is 102 cm³/mol. The first-order valence-electron chi connectivity index (χ1n) is 9.67. The highest BCUT2D eigenvalue weighted by Gasteiger charge is 2.64. The number of likely N-dealkylation sites (tertiary alicyclic amines) is 2. The zero-order valence-corrected chi connectivity index (χ0v) is 16.7. The van der Waals surface area contributed by atoms with E-state index in [0.29, 0.717) is 18.8 Å². The molecule has 2 heterocycles. The number of fused-ring (bicyclic) bond motifs is 2. The van der Waals surface area contributed by atoms with Crippen molar-refractivity contribution < 1.29 is 27.2 Å². The van der Waals surface area contributed by atoms with Crippen LogP contribution in [0.3, 0.4) is 0 Å². The van der Waals surface area contributed by atoms with E-state index >= 15 is 0 Å². The van der Waals surface area contributed by atoms with Gasteiger partial charge in [0.05, 0.1) is 18.1 Å². The Balaban J connectivity index is 1.25. The van der Waals surface area contributed by atoms with Crippen molar-refractivity contribution in [1.29, 1.82) is 0 Å². The summed E-state index contributed by atoms with van der Waals surface area (Å²) in [4.78, 5) is 28.3. The van der Waals surface area contributed by atoms with E-state index < -0.39 is 23.4 Å². The van der Waals surface area contributed by atoms with Crippen LogP contribution in [0.2, 0.25) is 5.02 Å². The lowest BCUT2D eigenvalue weighted by Crippen LogP contribution is -2.54. The number of nitrogens with zero attached hydrogens (tertiary/aromatic N) is 2. The van der Waals surface area contributed by atoms with Crippen LogP contribution in [0.5, 0.6) is 0 Å². The van der Waals surface area contributed by atoms with Crippen molar-refractivity contribution in [1.82, 2.24) is 15.1 Å². The number of carbonyl (C=O) groups is 2. The fourth-order valence-electron chi connectivity index (χ4n) is 4.27. The van der Waals surface area contributed by atoms with Gasteiger partial charge in [0, 0.05) is 30.9 Å². The van der Waals surface area contributed by atoms with Crippen molar-refractivity contribution in [3.8, 4) is 0 Å². The molecule has 1 saturated carbocycles. The molecule has 2 amide bonds. The standard InChI is InChI=1S/C19H21ClF4N4O2/c20-14-5-11(1-2-15(14)21)25-16(29)9-27-7-13-6-12(27)8-28(13)10-17(30)26-18(3-4-18)19(22,23)24/h1-2,5,12-13H,3-4,6-10H2,(H,25,29)(H,26,30)/t12-,13-/m0/s1. The molecule has 11 heteroatoms. The summed E-state index contributed by atoms with van der Waals surface area (Å²) in [6, 6.07) is 4.00. The van der Waals surface area contributed by atoms with Crippen LogP contribution < -0.4 is 10.6 Å². The molecule has 0 unspecified atom stereocenters. The third-order valence-electron chi connectivity index (χ3n) is 6.04. The molecule has 164 valence electrons. The summed E-state index contributed by atoms with van der Waals surface area (Å²) in [7, 11) is 0. The second-order valence-electron chi connectivity index (χ2n) is 8.21. The van der Waals surface area contributed by atoms with Crippen molar-refractivity contribution in [2.75, 3.05) is 31.5 Å². The number of rotatable bonds is 6. The highest BCUT2D eigenvalue weighted by molar-refractivity contribution is 6.31. The average Bonchev–Trinajstić information content (AvgIpc) is 3.19. The number of halogens is 5. The fraction of sp³-hybridized carbons (Fsp3) is 0.579. The van der Waals surface area contributed by atoms with Crippen LogP contribution in [-0.2, 0) is 9.59 Å². The van der Waals surface area contributed by atoms with Gasteiger partial charge < -0.3 is 10.6 Å². The molecule has 0 radical (unpaired) electrons. The quantitative estimate of drug-likeness (QED) is 0.656. The molecule has 2 N–H and O–H groups in total. The molecule has 1 aromatic rings. The van der Waals surface area contributed by atoms with Gasteiger partial charge in [-0.15, -0.1) is 0 Å². The van der Waals surface area contributed by atoms with Gasteiger partial charge in [0.25, 0.3) is 0 Å². The first kappa shape index (κ1) is 21.3. The molecule has 2 aliphatic heterocycles. The molecule has 4 rings (SSSR count). The summed E-state index contributed by atoms with van der Waals surface area (Å²) in [5.74, 6) is -1.45. The van der Waals surface area contributed by atoms with Gasteiger partial charge in [-0.25, -0.2) is 4.39 Å². The van der Waals surface area contributed by atoms with Gasteiger partial charge in [0.2, 0.25) is 11.8 Å². The molecule has 1 aliphatic carbocycles. The summed E-state index contributed by atoms with van der Waals surface area (Å²) in [5.41, 5.74) is -1.65. The Hall–Kier alpha value is -1.91. The van der Waals surface area contributed by atoms with Gasteiger partial charge in [-0.2, -0.15) is 13.2 Å². The second-order valence-corrected chi connectivity index (χ2v) is 8.61. The number of piperazine rings is 1. The van der Waals surface area contributed by atoms with Crippen LogP contribution in [0.25, 0.3) is 0 Å². The molecular weight excluding hydrogens is 428 g/mol. The Morgan fingerprint density at radius 3 is 2.20 bits per heavy atom. The van der Waals surface area contributed by atoms with Gasteiger partial charge in [-0.1, -0.05) is 11.6 Å². The van der Waals surface area contributed by atoms with Crippen molar-refractivity contribution in [2.24, 2.45) is 0 Å². The molecule has 3 fully saturated rings. The molecule has 0 aromatic heterocycles. The summed E-state index contributed by atoms with van der Waals surface area (Å²) in [5, 5.41) is 4.74. The van der Waals surface area contributed by atoms with Crippen LogP contribution in [-0.4, -0.2) is 71.6 Å². The number of alkyl halides is 3. The number of benzene rings is 1. The molecule has 0 spiro atoms. The van der Waals surface area contributed by atoms with E-state index in [1.807, 2.05) is 9.80 Å². The van der Waals surface area contributed by atoms with Crippen molar-refractivity contribution in [2.45, 2.75) is 43.1 Å². The lowest BCUT2D eigenvalue weighted by molar-refractivity contribution is -0.170. The number of nitrogens with one attached hydrogen (secondary N) is 2. The van der Waals surface area contributed by atoms with Crippen molar-refractivity contribution in [3.05, 3.63) is 29.0 Å². The Labute approximate surface area is 175 Å². The Bertz CT molecular complexity index is 861. The summed E-state index contributed by atoms with van der Waals surface area (Å²) >= 11 is 5.71. The third kappa shape index (κ3) is 4.26. The molecule has 3 aliphatic rings. The van der Waals surface area contributed by atoms with Gasteiger partial charge in [0.15, 0.2) is 0 Å². The van der Waals surface area contributed by atoms with Gasteiger partial charge >= 0.3 is 6.18 Å². The maximum Gasteiger partial charge on any atom is 0.411 e. The van der Waals surface area contributed by atoms with Crippen LogP contribution in [0.1, 0.15) is 19.3 Å². The lowest BCUT2D eigenvalue weighted by Gasteiger charge is -2.33. The highest BCUT2D eigenvalue weighted by Crippen LogP contribution is 2.48. The van der Waals surface area contributed by atoms with Gasteiger partial charge in [0.1, 0.15) is 11.4 Å². The minimum absolute atomic E-state index is 0.0230. The smallest absolute Gasteiger partial charge is 0.341 e. The third-order valence-corrected chi connectivity index (χ3v) is 6.33.